The molecular formula is C18H20N4O4. The van der Waals surface area contributed by atoms with E-state index in [1.165, 1.54) is 22.9 Å². The molecule has 3 N–H and O–H groups in total. The van der Waals surface area contributed by atoms with Gasteiger partial charge in [-0.2, -0.15) is 5.26 Å². The number of carboxylic acids is 1. The average molecular weight is 356 g/mol. The van der Waals surface area contributed by atoms with Crippen LogP contribution in [0.25, 0.3) is 0 Å². The second-order valence-corrected chi connectivity index (χ2v) is 6.04. The Kier molecular flexibility index (Phi) is 5.96. The molecule has 1 aliphatic heterocycles. The van der Waals surface area contributed by atoms with Crippen LogP contribution in [-0.2, 0) is 14.4 Å². The lowest BCUT2D eigenvalue weighted by atomic mass is 9.97. The Hall–Kier alpha value is -3.34. The van der Waals surface area contributed by atoms with E-state index in [4.69, 9.17) is 10.8 Å². The molecule has 0 aromatic heterocycles. The van der Waals surface area contributed by atoms with Crippen molar-refractivity contribution in [3.05, 3.63) is 36.0 Å². The number of nitrogen functional groups attached to an aromatic ring is 1. The van der Waals surface area contributed by atoms with Gasteiger partial charge in [-0.05, 0) is 37.1 Å². The highest BCUT2D eigenvalue weighted by molar-refractivity contribution is 6.01. The van der Waals surface area contributed by atoms with Gasteiger partial charge in [0.1, 0.15) is 11.6 Å². The number of nitrogens with zero attached hydrogens (tertiary/aromatic N) is 3. The molecule has 1 fully saturated rings. The van der Waals surface area contributed by atoms with Gasteiger partial charge in [-0.15, -0.1) is 0 Å². The minimum absolute atomic E-state index is 0.189. The smallest absolute Gasteiger partial charge is 0.306 e. The number of amides is 2. The molecule has 8 heteroatoms. The number of nitrogens with two attached hydrogens (primary N) is 1. The first-order valence-electron chi connectivity index (χ1n) is 8.12. The molecule has 26 heavy (non-hydrogen) atoms. The van der Waals surface area contributed by atoms with Crippen molar-refractivity contribution in [3.63, 3.8) is 0 Å². The summed E-state index contributed by atoms with van der Waals surface area (Å²) in [6.07, 6.45) is 1.89. The van der Waals surface area contributed by atoms with Crippen molar-refractivity contribution in [2.75, 3.05) is 23.7 Å². The molecule has 1 aliphatic rings. The summed E-state index contributed by atoms with van der Waals surface area (Å²) in [6, 6.07) is 8.30. The van der Waals surface area contributed by atoms with Crippen molar-refractivity contribution in [2.24, 2.45) is 5.92 Å². The number of carboxylic acid groups (broad SMARTS) is 1. The molecule has 1 saturated heterocycles. The number of aliphatic carboxylic acids is 1. The van der Waals surface area contributed by atoms with E-state index in [1.807, 2.05) is 6.07 Å². The Morgan fingerprint density at radius 1 is 1.27 bits per heavy atom. The number of hydrogen-bond acceptors (Lipinski definition) is 5. The fourth-order valence-electron chi connectivity index (χ4n) is 2.74. The van der Waals surface area contributed by atoms with Crippen LogP contribution in [0.2, 0.25) is 0 Å². The molecule has 0 spiro atoms. The third kappa shape index (κ3) is 4.39. The standard InChI is InChI=1S/C18H20N4O4/c1-12(23)22(16-4-2-15(20)3-5-16)11-14(10-19)17(24)21-8-6-13(7-9-21)18(25)26/h2-5,11,13H,6-9,20H2,1H3,(H,25,26)/b14-11-. The SMILES string of the molecule is CC(=O)N(/C=C(/C#N)C(=O)N1CCC(C(=O)O)CC1)c1ccc(N)cc1. The van der Waals surface area contributed by atoms with E-state index in [2.05, 4.69) is 0 Å². The van der Waals surface area contributed by atoms with E-state index in [0.717, 1.165) is 0 Å². The van der Waals surface area contributed by atoms with Crippen LogP contribution in [0.3, 0.4) is 0 Å². The van der Waals surface area contributed by atoms with Crippen LogP contribution >= 0.6 is 0 Å². The van der Waals surface area contributed by atoms with Gasteiger partial charge >= 0.3 is 5.97 Å². The number of likely N-dealkylation sites (tertiary alicyclic amines) is 1. The number of carbonyl (C=O) groups excluding carboxylic acids is 2. The Bertz CT molecular complexity index is 771. The number of carbonyl (C=O) groups is 3. The lowest BCUT2D eigenvalue weighted by Gasteiger charge is -2.30. The minimum Gasteiger partial charge on any atom is -0.481 e. The number of piperidine rings is 1. The average Bonchev–Trinajstić information content (AvgIpc) is 2.63. The fraction of sp³-hybridized carbons (Fsp3) is 0.333. The molecule has 0 atom stereocenters. The number of benzene rings is 1. The van der Waals surface area contributed by atoms with E-state index in [9.17, 15) is 19.6 Å². The molecule has 0 aliphatic carbocycles. The zero-order chi connectivity index (χ0) is 19.3. The van der Waals surface area contributed by atoms with Crippen LogP contribution in [-0.4, -0.2) is 40.9 Å². The van der Waals surface area contributed by atoms with Gasteiger partial charge in [-0.3, -0.25) is 19.3 Å². The molecule has 0 saturated carbocycles. The summed E-state index contributed by atoms with van der Waals surface area (Å²) in [5, 5.41) is 18.4. The summed E-state index contributed by atoms with van der Waals surface area (Å²) in [4.78, 5) is 38.2. The van der Waals surface area contributed by atoms with Crippen LogP contribution in [0.1, 0.15) is 19.8 Å². The summed E-state index contributed by atoms with van der Waals surface area (Å²) in [7, 11) is 0. The van der Waals surface area contributed by atoms with Crippen molar-refractivity contribution in [2.45, 2.75) is 19.8 Å². The largest absolute Gasteiger partial charge is 0.481 e. The van der Waals surface area contributed by atoms with E-state index in [1.54, 1.807) is 24.3 Å². The van der Waals surface area contributed by atoms with Crippen LogP contribution in [0.15, 0.2) is 36.0 Å². The first-order valence-corrected chi connectivity index (χ1v) is 8.12. The zero-order valence-corrected chi connectivity index (χ0v) is 14.4. The van der Waals surface area contributed by atoms with Gasteiger partial charge in [0.25, 0.3) is 5.91 Å². The highest BCUT2D eigenvalue weighted by Crippen LogP contribution is 2.21. The number of rotatable bonds is 4. The maximum absolute atomic E-state index is 12.6. The zero-order valence-electron chi connectivity index (χ0n) is 14.4. The number of anilines is 2. The van der Waals surface area contributed by atoms with Crippen LogP contribution in [0.5, 0.6) is 0 Å². The molecule has 0 bridgehead atoms. The van der Waals surface area contributed by atoms with Gasteiger partial charge in [-0.1, -0.05) is 0 Å². The van der Waals surface area contributed by atoms with Crippen LogP contribution in [0.4, 0.5) is 11.4 Å². The summed E-state index contributed by atoms with van der Waals surface area (Å²) >= 11 is 0. The minimum atomic E-state index is -0.876. The normalized spacial score (nSPS) is 15.2. The lowest BCUT2D eigenvalue weighted by molar-refractivity contribution is -0.145. The monoisotopic (exact) mass is 356 g/mol. The molecule has 8 nitrogen and oxygen atoms in total. The van der Waals surface area contributed by atoms with Gasteiger partial charge < -0.3 is 15.7 Å². The molecule has 1 aromatic carbocycles. The summed E-state index contributed by atoms with van der Waals surface area (Å²) in [5.41, 5.74) is 6.46. The second kappa shape index (κ2) is 8.16. The molecular weight excluding hydrogens is 336 g/mol. The maximum atomic E-state index is 12.6. The molecule has 1 aromatic rings. The number of hydrogen-bond donors (Lipinski definition) is 2. The Balaban J connectivity index is 2.20. The summed E-state index contributed by atoms with van der Waals surface area (Å²) < 4.78 is 0. The molecule has 0 unspecified atom stereocenters. The Morgan fingerprint density at radius 2 is 1.85 bits per heavy atom. The Labute approximate surface area is 151 Å². The second-order valence-electron chi connectivity index (χ2n) is 6.04. The van der Waals surface area contributed by atoms with Crippen LogP contribution in [0, 0.1) is 17.2 Å². The molecule has 136 valence electrons. The van der Waals surface area contributed by atoms with Crippen molar-refractivity contribution in [3.8, 4) is 6.07 Å². The van der Waals surface area contributed by atoms with E-state index in [0.29, 0.717) is 24.2 Å². The van der Waals surface area contributed by atoms with Gasteiger partial charge in [-0.25, -0.2) is 0 Å². The third-order valence-corrected chi connectivity index (χ3v) is 4.25. The molecule has 2 amide bonds. The van der Waals surface area contributed by atoms with Crippen molar-refractivity contribution >= 4 is 29.2 Å². The first-order chi connectivity index (χ1) is 12.3. The van der Waals surface area contributed by atoms with E-state index < -0.39 is 17.8 Å². The van der Waals surface area contributed by atoms with E-state index in [-0.39, 0.29) is 24.6 Å². The van der Waals surface area contributed by atoms with Crippen molar-refractivity contribution in [1.29, 1.82) is 5.26 Å². The first kappa shape index (κ1) is 19.0. The lowest BCUT2D eigenvalue weighted by Crippen LogP contribution is -2.41. The summed E-state index contributed by atoms with van der Waals surface area (Å²) in [5.74, 6) is -2.23. The maximum Gasteiger partial charge on any atom is 0.306 e. The highest BCUT2D eigenvalue weighted by Gasteiger charge is 2.29. The predicted molar refractivity (Wildman–Crippen MR) is 94.7 cm³/mol. The van der Waals surface area contributed by atoms with Gasteiger partial charge in [0, 0.05) is 37.6 Å². The molecule has 0 radical (unpaired) electrons. The number of nitriles is 1. The summed E-state index contributed by atoms with van der Waals surface area (Å²) in [6.45, 7) is 1.85. The fourth-order valence-corrected chi connectivity index (χ4v) is 2.74. The van der Waals surface area contributed by atoms with Gasteiger partial charge in [0.15, 0.2) is 0 Å². The molecule has 2 rings (SSSR count). The molecule has 1 heterocycles. The van der Waals surface area contributed by atoms with Crippen LogP contribution < -0.4 is 10.6 Å². The van der Waals surface area contributed by atoms with Gasteiger partial charge in [0.05, 0.1) is 5.92 Å². The predicted octanol–water partition coefficient (Wildman–Crippen LogP) is 1.35. The Morgan fingerprint density at radius 3 is 2.31 bits per heavy atom. The quantitative estimate of drug-likeness (QED) is 0.476. The van der Waals surface area contributed by atoms with Gasteiger partial charge in [0.2, 0.25) is 5.91 Å². The van der Waals surface area contributed by atoms with Crippen molar-refractivity contribution in [1.82, 2.24) is 4.90 Å². The van der Waals surface area contributed by atoms with E-state index >= 15 is 0 Å². The highest BCUT2D eigenvalue weighted by atomic mass is 16.4. The topological polar surface area (TPSA) is 128 Å². The third-order valence-electron chi connectivity index (χ3n) is 4.25. The van der Waals surface area contributed by atoms with Crippen molar-refractivity contribution < 1.29 is 19.5 Å².